The standard InChI is InChI=1S/C28H27N3O3S/c1-19-7-3-4-8-21(19)18-35-28-29-25-17-20(26(32)30-15-5-6-16-30)9-14-24(25)27(33)31(28)22-10-12-23(34-2)13-11-22/h3-4,7-14,17H,5-6,15-16,18H2,1-2H3. The molecule has 0 radical (unpaired) electrons. The largest absolute Gasteiger partial charge is 0.497 e. The predicted molar refractivity (Wildman–Crippen MR) is 140 cm³/mol. The van der Waals surface area contributed by atoms with Crippen LogP contribution < -0.4 is 10.3 Å². The van der Waals surface area contributed by atoms with Crippen LogP contribution in [0.5, 0.6) is 5.75 Å². The molecular formula is C28H27N3O3S. The Balaban J connectivity index is 1.60. The highest BCUT2D eigenvalue weighted by Gasteiger charge is 2.21. The van der Waals surface area contributed by atoms with Gasteiger partial charge in [-0.2, -0.15) is 0 Å². The first-order chi connectivity index (χ1) is 17.0. The molecule has 0 N–H and O–H groups in total. The van der Waals surface area contributed by atoms with Crippen molar-refractivity contribution in [2.75, 3.05) is 20.2 Å². The molecule has 1 aliphatic heterocycles. The average molecular weight is 486 g/mol. The molecule has 178 valence electrons. The Hall–Kier alpha value is -3.58. The zero-order valence-corrected chi connectivity index (χ0v) is 20.7. The van der Waals surface area contributed by atoms with Crippen LogP contribution in [0.25, 0.3) is 16.6 Å². The minimum atomic E-state index is -0.160. The molecule has 1 aliphatic rings. The van der Waals surface area contributed by atoms with Gasteiger partial charge in [0, 0.05) is 24.4 Å². The molecule has 1 fully saturated rings. The quantitative estimate of drug-likeness (QED) is 0.276. The lowest BCUT2D eigenvalue weighted by Gasteiger charge is -2.17. The molecule has 6 nitrogen and oxygen atoms in total. The van der Waals surface area contributed by atoms with E-state index in [1.165, 1.54) is 22.9 Å². The summed E-state index contributed by atoms with van der Waals surface area (Å²) in [7, 11) is 1.61. The first kappa shape index (κ1) is 23.2. The molecule has 7 heteroatoms. The highest BCUT2D eigenvalue weighted by molar-refractivity contribution is 7.98. The van der Waals surface area contributed by atoms with Gasteiger partial charge in [0.15, 0.2) is 5.16 Å². The third kappa shape index (κ3) is 4.68. The van der Waals surface area contributed by atoms with Crippen LogP contribution in [0.15, 0.2) is 76.7 Å². The van der Waals surface area contributed by atoms with Gasteiger partial charge >= 0.3 is 0 Å². The average Bonchev–Trinajstić information content (AvgIpc) is 3.43. The first-order valence-electron chi connectivity index (χ1n) is 11.7. The van der Waals surface area contributed by atoms with E-state index in [0.717, 1.165) is 37.4 Å². The molecule has 1 amide bonds. The molecule has 3 aromatic carbocycles. The van der Waals surface area contributed by atoms with Crippen LogP contribution in [0.4, 0.5) is 0 Å². The van der Waals surface area contributed by atoms with E-state index in [-0.39, 0.29) is 11.5 Å². The fraction of sp³-hybridized carbons (Fsp3) is 0.250. The second-order valence-corrected chi connectivity index (χ2v) is 9.62. The molecule has 0 saturated carbocycles. The van der Waals surface area contributed by atoms with E-state index >= 15 is 0 Å². The van der Waals surface area contributed by atoms with Crippen molar-refractivity contribution < 1.29 is 9.53 Å². The number of benzene rings is 3. The van der Waals surface area contributed by atoms with Gasteiger partial charge in [0.05, 0.1) is 23.7 Å². The lowest BCUT2D eigenvalue weighted by molar-refractivity contribution is 0.0793. The Morgan fingerprint density at radius 2 is 1.77 bits per heavy atom. The number of rotatable bonds is 6. The van der Waals surface area contributed by atoms with Crippen molar-refractivity contribution in [1.29, 1.82) is 0 Å². The minimum Gasteiger partial charge on any atom is -0.497 e. The van der Waals surface area contributed by atoms with Crippen molar-refractivity contribution in [3.8, 4) is 11.4 Å². The second kappa shape index (κ2) is 9.96. The van der Waals surface area contributed by atoms with E-state index in [2.05, 4.69) is 19.1 Å². The molecule has 1 saturated heterocycles. The number of methoxy groups -OCH3 is 1. The number of hydrogen-bond acceptors (Lipinski definition) is 5. The fourth-order valence-corrected chi connectivity index (χ4v) is 5.46. The fourth-order valence-electron chi connectivity index (χ4n) is 4.37. The number of aryl methyl sites for hydroxylation is 1. The van der Waals surface area contributed by atoms with E-state index in [0.29, 0.717) is 27.4 Å². The molecule has 2 heterocycles. The van der Waals surface area contributed by atoms with E-state index in [9.17, 15) is 9.59 Å². The van der Waals surface area contributed by atoms with Crippen LogP contribution in [0.1, 0.15) is 34.3 Å². The van der Waals surface area contributed by atoms with Gasteiger partial charge < -0.3 is 9.64 Å². The number of carbonyl (C=O) groups excluding carboxylic acids is 1. The predicted octanol–water partition coefficient (Wildman–Crippen LogP) is 5.23. The summed E-state index contributed by atoms with van der Waals surface area (Å²) in [6.45, 7) is 3.64. The van der Waals surface area contributed by atoms with E-state index in [1.807, 2.05) is 41.3 Å². The third-order valence-electron chi connectivity index (χ3n) is 6.43. The number of ether oxygens (including phenoxy) is 1. The van der Waals surface area contributed by atoms with Crippen LogP contribution in [0.3, 0.4) is 0 Å². The number of fused-ring (bicyclic) bond motifs is 1. The second-order valence-electron chi connectivity index (χ2n) is 8.68. The van der Waals surface area contributed by atoms with Gasteiger partial charge in [-0.1, -0.05) is 36.0 Å². The maximum atomic E-state index is 13.7. The Morgan fingerprint density at radius 1 is 1.03 bits per heavy atom. The van der Waals surface area contributed by atoms with Gasteiger partial charge in [-0.15, -0.1) is 0 Å². The Kier molecular flexibility index (Phi) is 6.59. The molecule has 0 unspecified atom stereocenters. The molecule has 0 aliphatic carbocycles. The van der Waals surface area contributed by atoms with Crippen molar-refractivity contribution in [3.63, 3.8) is 0 Å². The summed E-state index contributed by atoms with van der Waals surface area (Å²) in [5, 5.41) is 1.07. The van der Waals surface area contributed by atoms with Gasteiger partial charge in [0.1, 0.15) is 5.75 Å². The van der Waals surface area contributed by atoms with Crippen molar-refractivity contribution in [2.24, 2.45) is 0 Å². The maximum Gasteiger partial charge on any atom is 0.266 e. The zero-order valence-electron chi connectivity index (χ0n) is 19.9. The number of amides is 1. The number of nitrogens with zero attached hydrogens (tertiary/aromatic N) is 3. The summed E-state index contributed by atoms with van der Waals surface area (Å²) < 4.78 is 6.93. The maximum absolute atomic E-state index is 13.7. The topological polar surface area (TPSA) is 64.4 Å². The van der Waals surface area contributed by atoms with Crippen molar-refractivity contribution >= 4 is 28.6 Å². The number of thioether (sulfide) groups is 1. The van der Waals surface area contributed by atoms with Crippen LogP contribution in [0, 0.1) is 6.92 Å². The van der Waals surface area contributed by atoms with Crippen LogP contribution >= 0.6 is 11.8 Å². The van der Waals surface area contributed by atoms with E-state index in [1.54, 1.807) is 29.9 Å². The zero-order chi connectivity index (χ0) is 24.4. The van der Waals surface area contributed by atoms with Gasteiger partial charge in [-0.3, -0.25) is 14.2 Å². The Morgan fingerprint density at radius 3 is 2.49 bits per heavy atom. The summed E-state index contributed by atoms with van der Waals surface area (Å²) in [5.74, 6) is 1.39. The van der Waals surface area contributed by atoms with Crippen LogP contribution in [-0.2, 0) is 5.75 Å². The van der Waals surface area contributed by atoms with E-state index < -0.39 is 0 Å². The smallest absolute Gasteiger partial charge is 0.266 e. The SMILES string of the molecule is COc1ccc(-n2c(SCc3ccccc3C)nc3cc(C(=O)N4CCCC4)ccc3c2=O)cc1. The molecule has 0 spiro atoms. The summed E-state index contributed by atoms with van der Waals surface area (Å²) in [6.07, 6.45) is 2.06. The lowest BCUT2D eigenvalue weighted by atomic mass is 10.1. The normalized spacial score (nSPS) is 13.4. The lowest BCUT2D eigenvalue weighted by Crippen LogP contribution is -2.28. The van der Waals surface area contributed by atoms with Crippen molar-refractivity contribution in [3.05, 3.63) is 93.8 Å². The summed E-state index contributed by atoms with van der Waals surface area (Å²) >= 11 is 1.51. The van der Waals surface area contributed by atoms with Crippen LogP contribution in [-0.4, -0.2) is 40.6 Å². The van der Waals surface area contributed by atoms with Gasteiger partial charge in [0.2, 0.25) is 0 Å². The molecule has 4 aromatic rings. The number of likely N-dealkylation sites (tertiary alicyclic amines) is 1. The molecule has 0 bridgehead atoms. The molecular weight excluding hydrogens is 458 g/mol. The van der Waals surface area contributed by atoms with E-state index in [4.69, 9.17) is 9.72 Å². The highest BCUT2D eigenvalue weighted by Crippen LogP contribution is 2.27. The van der Waals surface area contributed by atoms with Crippen molar-refractivity contribution in [1.82, 2.24) is 14.5 Å². The number of carbonyl (C=O) groups is 1. The van der Waals surface area contributed by atoms with Gasteiger partial charge in [0.25, 0.3) is 11.5 Å². The van der Waals surface area contributed by atoms with Crippen molar-refractivity contribution in [2.45, 2.75) is 30.7 Å². The summed E-state index contributed by atoms with van der Waals surface area (Å²) in [5.41, 5.74) is 4.05. The molecule has 1 aromatic heterocycles. The molecule has 5 rings (SSSR count). The number of hydrogen-bond donors (Lipinski definition) is 0. The van der Waals surface area contributed by atoms with Crippen LogP contribution in [0.2, 0.25) is 0 Å². The molecule has 35 heavy (non-hydrogen) atoms. The third-order valence-corrected chi connectivity index (χ3v) is 7.41. The molecule has 0 atom stereocenters. The Bertz CT molecular complexity index is 1440. The summed E-state index contributed by atoms with van der Waals surface area (Å²) in [4.78, 5) is 33.4. The summed E-state index contributed by atoms with van der Waals surface area (Å²) in [6, 6.07) is 20.8. The Labute approximate surface area is 208 Å². The van der Waals surface area contributed by atoms with Gasteiger partial charge in [-0.25, -0.2) is 4.98 Å². The number of aromatic nitrogens is 2. The minimum absolute atomic E-state index is 0.000327. The first-order valence-corrected chi connectivity index (χ1v) is 12.7. The monoisotopic (exact) mass is 485 g/mol. The van der Waals surface area contributed by atoms with Gasteiger partial charge in [-0.05, 0) is 73.4 Å². The highest BCUT2D eigenvalue weighted by atomic mass is 32.2.